The largest absolute Gasteiger partial charge is 0.468 e. The molecular formula is C11H17N3O2. The SMILES string of the molecule is COC(=O)CN(C)c1ccc(C(C)C)nn1. The van der Waals surface area contributed by atoms with E-state index < -0.39 is 0 Å². The summed E-state index contributed by atoms with van der Waals surface area (Å²) >= 11 is 0. The van der Waals surface area contributed by atoms with Crippen LogP contribution in [0.15, 0.2) is 12.1 Å². The Morgan fingerprint density at radius 2 is 2.12 bits per heavy atom. The minimum absolute atomic E-state index is 0.173. The Balaban J connectivity index is 2.70. The fourth-order valence-corrected chi connectivity index (χ4v) is 1.19. The lowest BCUT2D eigenvalue weighted by Crippen LogP contribution is -2.27. The van der Waals surface area contributed by atoms with Gasteiger partial charge in [0, 0.05) is 7.05 Å². The average molecular weight is 223 g/mol. The van der Waals surface area contributed by atoms with E-state index >= 15 is 0 Å². The van der Waals surface area contributed by atoms with Crippen LogP contribution in [0.5, 0.6) is 0 Å². The van der Waals surface area contributed by atoms with Crippen molar-refractivity contribution in [2.75, 3.05) is 25.6 Å². The van der Waals surface area contributed by atoms with Gasteiger partial charge in [-0.2, -0.15) is 5.10 Å². The molecular weight excluding hydrogens is 206 g/mol. The molecule has 5 nitrogen and oxygen atoms in total. The summed E-state index contributed by atoms with van der Waals surface area (Å²) in [5, 5.41) is 8.14. The molecule has 0 N–H and O–H groups in total. The van der Waals surface area contributed by atoms with Crippen LogP contribution >= 0.6 is 0 Å². The third-order valence-corrected chi connectivity index (χ3v) is 2.25. The molecule has 0 radical (unpaired) electrons. The Bertz CT molecular complexity index is 349. The summed E-state index contributed by atoms with van der Waals surface area (Å²) in [4.78, 5) is 12.8. The Morgan fingerprint density at radius 3 is 2.56 bits per heavy atom. The fraction of sp³-hybridized carbons (Fsp3) is 0.545. The van der Waals surface area contributed by atoms with Crippen LogP contribution in [0.4, 0.5) is 5.82 Å². The van der Waals surface area contributed by atoms with Crippen LogP contribution in [0.3, 0.4) is 0 Å². The van der Waals surface area contributed by atoms with Crippen molar-refractivity contribution in [3.05, 3.63) is 17.8 Å². The van der Waals surface area contributed by atoms with Crippen molar-refractivity contribution in [2.45, 2.75) is 19.8 Å². The van der Waals surface area contributed by atoms with Gasteiger partial charge in [-0.25, -0.2) is 0 Å². The van der Waals surface area contributed by atoms with Crippen LogP contribution in [0.1, 0.15) is 25.5 Å². The smallest absolute Gasteiger partial charge is 0.325 e. The van der Waals surface area contributed by atoms with Crippen LogP contribution < -0.4 is 4.90 Å². The van der Waals surface area contributed by atoms with E-state index in [1.807, 2.05) is 12.1 Å². The van der Waals surface area contributed by atoms with Gasteiger partial charge in [-0.05, 0) is 18.1 Å². The van der Waals surface area contributed by atoms with E-state index in [4.69, 9.17) is 0 Å². The van der Waals surface area contributed by atoms with E-state index in [0.29, 0.717) is 11.7 Å². The fourth-order valence-electron chi connectivity index (χ4n) is 1.19. The summed E-state index contributed by atoms with van der Waals surface area (Å²) in [5.41, 5.74) is 0.940. The number of carbonyl (C=O) groups is 1. The number of nitrogens with zero attached hydrogens (tertiary/aromatic N) is 3. The molecule has 0 spiro atoms. The van der Waals surface area contributed by atoms with Gasteiger partial charge in [-0.3, -0.25) is 4.79 Å². The molecule has 1 aromatic rings. The Morgan fingerprint density at radius 1 is 1.44 bits per heavy atom. The maximum atomic E-state index is 11.1. The number of rotatable bonds is 4. The molecule has 1 aromatic heterocycles. The van der Waals surface area contributed by atoms with Crippen LogP contribution in [-0.2, 0) is 9.53 Å². The van der Waals surface area contributed by atoms with Gasteiger partial charge in [0.15, 0.2) is 5.82 Å². The lowest BCUT2D eigenvalue weighted by Gasteiger charge is -2.16. The summed E-state index contributed by atoms with van der Waals surface area (Å²) in [6.07, 6.45) is 0. The van der Waals surface area contributed by atoms with Crippen molar-refractivity contribution in [2.24, 2.45) is 0 Å². The average Bonchev–Trinajstić information content (AvgIpc) is 2.28. The summed E-state index contributed by atoms with van der Waals surface area (Å²) in [7, 11) is 3.14. The summed E-state index contributed by atoms with van der Waals surface area (Å²) in [5.74, 6) is 0.722. The zero-order valence-corrected chi connectivity index (χ0v) is 10.1. The number of esters is 1. The van der Waals surface area contributed by atoms with Crippen molar-refractivity contribution in [3.8, 4) is 0 Å². The molecule has 0 aliphatic heterocycles. The number of hydrogen-bond donors (Lipinski definition) is 0. The number of anilines is 1. The standard InChI is InChI=1S/C11H17N3O2/c1-8(2)9-5-6-10(13-12-9)14(3)7-11(15)16-4/h5-6,8H,7H2,1-4H3. The van der Waals surface area contributed by atoms with Gasteiger partial charge < -0.3 is 9.64 Å². The lowest BCUT2D eigenvalue weighted by atomic mass is 10.1. The third-order valence-electron chi connectivity index (χ3n) is 2.25. The molecule has 0 bridgehead atoms. The van der Waals surface area contributed by atoms with E-state index in [0.717, 1.165) is 5.69 Å². The lowest BCUT2D eigenvalue weighted by molar-refractivity contribution is -0.138. The number of methoxy groups -OCH3 is 1. The summed E-state index contributed by atoms with van der Waals surface area (Å²) < 4.78 is 4.58. The van der Waals surface area contributed by atoms with Crippen LogP contribution in [0, 0.1) is 0 Å². The second kappa shape index (κ2) is 5.44. The van der Waals surface area contributed by atoms with Gasteiger partial charge in [0.25, 0.3) is 0 Å². The van der Waals surface area contributed by atoms with E-state index in [1.54, 1.807) is 11.9 Å². The molecule has 5 heteroatoms. The molecule has 16 heavy (non-hydrogen) atoms. The topological polar surface area (TPSA) is 55.3 Å². The highest BCUT2D eigenvalue weighted by atomic mass is 16.5. The normalized spacial score (nSPS) is 10.3. The zero-order valence-electron chi connectivity index (χ0n) is 10.1. The van der Waals surface area contributed by atoms with Gasteiger partial charge in [0.1, 0.15) is 6.54 Å². The quantitative estimate of drug-likeness (QED) is 0.718. The number of likely N-dealkylation sites (N-methyl/N-ethyl adjacent to an activating group) is 1. The van der Waals surface area contributed by atoms with Crippen LogP contribution in [-0.4, -0.2) is 36.9 Å². The highest BCUT2D eigenvalue weighted by Gasteiger charge is 2.09. The van der Waals surface area contributed by atoms with Crippen molar-refractivity contribution in [3.63, 3.8) is 0 Å². The first kappa shape index (κ1) is 12.4. The first-order valence-electron chi connectivity index (χ1n) is 5.16. The number of carbonyl (C=O) groups excluding carboxylic acids is 1. The predicted octanol–water partition coefficient (Wildman–Crippen LogP) is 1.21. The molecule has 0 fully saturated rings. The van der Waals surface area contributed by atoms with Crippen LogP contribution in [0.2, 0.25) is 0 Å². The molecule has 0 aromatic carbocycles. The first-order chi connectivity index (χ1) is 7.54. The second-order valence-electron chi connectivity index (χ2n) is 3.90. The van der Waals surface area contributed by atoms with Gasteiger partial charge in [0.05, 0.1) is 12.8 Å². The molecule has 0 saturated carbocycles. The highest BCUT2D eigenvalue weighted by Crippen LogP contribution is 2.13. The van der Waals surface area contributed by atoms with Gasteiger partial charge >= 0.3 is 5.97 Å². The van der Waals surface area contributed by atoms with E-state index in [2.05, 4.69) is 28.8 Å². The van der Waals surface area contributed by atoms with Gasteiger partial charge in [-0.1, -0.05) is 13.8 Å². The predicted molar refractivity (Wildman–Crippen MR) is 61.4 cm³/mol. The molecule has 0 unspecified atom stereocenters. The number of aromatic nitrogens is 2. The van der Waals surface area contributed by atoms with Crippen molar-refractivity contribution < 1.29 is 9.53 Å². The monoisotopic (exact) mass is 223 g/mol. The van der Waals surface area contributed by atoms with E-state index in [-0.39, 0.29) is 12.5 Å². The van der Waals surface area contributed by atoms with E-state index in [1.165, 1.54) is 7.11 Å². The molecule has 1 rings (SSSR count). The van der Waals surface area contributed by atoms with Gasteiger partial charge in [0.2, 0.25) is 0 Å². The molecule has 0 atom stereocenters. The minimum Gasteiger partial charge on any atom is -0.468 e. The van der Waals surface area contributed by atoms with Crippen LogP contribution in [0.25, 0.3) is 0 Å². The van der Waals surface area contributed by atoms with Crippen molar-refractivity contribution >= 4 is 11.8 Å². The molecule has 1 heterocycles. The molecule has 88 valence electrons. The summed E-state index contributed by atoms with van der Waals surface area (Å²) in [6, 6.07) is 3.77. The Kier molecular flexibility index (Phi) is 4.22. The van der Waals surface area contributed by atoms with Crippen molar-refractivity contribution in [1.29, 1.82) is 0 Å². The maximum absolute atomic E-state index is 11.1. The summed E-state index contributed by atoms with van der Waals surface area (Å²) in [6.45, 7) is 4.29. The molecule has 0 aliphatic rings. The molecule has 0 aliphatic carbocycles. The number of ether oxygens (including phenoxy) is 1. The van der Waals surface area contributed by atoms with Crippen molar-refractivity contribution in [1.82, 2.24) is 10.2 Å². The second-order valence-corrected chi connectivity index (χ2v) is 3.90. The van der Waals surface area contributed by atoms with E-state index in [9.17, 15) is 4.79 Å². The zero-order chi connectivity index (χ0) is 12.1. The van der Waals surface area contributed by atoms with Gasteiger partial charge in [-0.15, -0.1) is 5.10 Å². The third kappa shape index (κ3) is 3.18. The minimum atomic E-state index is -0.294. The molecule has 0 saturated heterocycles. The highest BCUT2D eigenvalue weighted by molar-refractivity contribution is 5.74. The maximum Gasteiger partial charge on any atom is 0.325 e. The number of hydrogen-bond acceptors (Lipinski definition) is 5. The Hall–Kier alpha value is -1.65. The Labute approximate surface area is 95.4 Å². The molecule has 0 amide bonds. The first-order valence-corrected chi connectivity index (χ1v) is 5.16.